The average molecular weight is 406 g/mol. The summed E-state index contributed by atoms with van der Waals surface area (Å²) in [5, 5.41) is 14.3. The van der Waals surface area contributed by atoms with Crippen LogP contribution in [-0.2, 0) is 4.79 Å². The van der Waals surface area contributed by atoms with Gasteiger partial charge in [0, 0.05) is 17.7 Å². The molecule has 0 amide bonds. The summed E-state index contributed by atoms with van der Waals surface area (Å²) in [5.74, 6) is 1.31. The molecule has 3 aromatic rings. The van der Waals surface area contributed by atoms with Crippen molar-refractivity contribution in [2.45, 2.75) is 24.8 Å². The molecule has 1 aromatic heterocycles. The molecule has 2 heterocycles. The lowest BCUT2D eigenvalue weighted by Crippen LogP contribution is -2.27. The summed E-state index contributed by atoms with van der Waals surface area (Å²) in [4.78, 5) is 13.3. The maximum absolute atomic E-state index is 13.5. The van der Waals surface area contributed by atoms with Gasteiger partial charge in [-0.15, -0.1) is 0 Å². The van der Waals surface area contributed by atoms with Crippen molar-refractivity contribution in [2.24, 2.45) is 0 Å². The lowest BCUT2D eigenvalue weighted by atomic mass is 9.78. The van der Waals surface area contributed by atoms with E-state index >= 15 is 0 Å². The van der Waals surface area contributed by atoms with Gasteiger partial charge in [0.15, 0.2) is 5.78 Å². The Morgan fingerprint density at radius 2 is 1.70 bits per heavy atom. The number of hydrogen-bond acceptors (Lipinski definition) is 7. The Morgan fingerprint density at radius 1 is 1.00 bits per heavy atom. The van der Waals surface area contributed by atoms with Crippen LogP contribution in [0.2, 0.25) is 0 Å². The van der Waals surface area contributed by atoms with Crippen LogP contribution in [0.15, 0.2) is 64.4 Å². The molecule has 0 saturated carbocycles. The van der Waals surface area contributed by atoms with E-state index in [-0.39, 0.29) is 17.5 Å². The number of anilines is 2. The van der Waals surface area contributed by atoms with E-state index in [0.717, 1.165) is 22.6 Å². The minimum absolute atomic E-state index is 0.0185. The van der Waals surface area contributed by atoms with Gasteiger partial charge in [0.25, 0.3) is 0 Å². The van der Waals surface area contributed by atoms with Gasteiger partial charge in [0.1, 0.15) is 11.6 Å². The third-order valence-electron chi connectivity index (χ3n) is 5.63. The molecule has 30 heavy (non-hydrogen) atoms. The van der Waals surface area contributed by atoms with Crippen molar-refractivity contribution in [3.05, 3.63) is 76.7 Å². The van der Waals surface area contributed by atoms with Gasteiger partial charge in [-0.1, -0.05) is 24.3 Å². The van der Waals surface area contributed by atoms with Crippen LogP contribution in [0.25, 0.3) is 0 Å². The van der Waals surface area contributed by atoms with Gasteiger partial charge in [-0.3, -0.25) is 4.79 Å². The van der Waals surface area contributed by atoms with Crippen molar-refractivity contribution in [3.63, 3.8) is 0 Å². The minimum Gasteiger partial charge on any atom is -0.497 e. The zero-order valence-corrected chi connectivity index (χ0v) is 16.2. The molecule has 2 aliphatic rings. The molecule has 8 heteroatoms. The molecule has 1 aliphatic heterocycles. The van der Waals surface area contributed by atoms with Crippen molar-refractivity contribution >= 4 is 17.4 Å². The second-order valence-corrected chi connectivity index (χ2v) is 7.41. The average Bonchev–Trinajstić information content (AvgIpc) is 3.13. The molecule has 0 unspecified atom stereocenters. The highest BCUT2D eigenvalue weighted by Gasteiger charge is 2.37. The number of aromatic nitrogens is 2. The van der Waals surface area contributed by atoms with E-state index in [1.807, 2.05) is 24.3 Å². The van der Waals surface area contributed by atoms with E-state index in [1.54, 1.807) is 19.2 Å². The summed E-state index contributed by atoms with van der Waals surface area (Å²) in [7, 11) is 1.62. The molecule has 0 fully saturated rings. The normalized spacial score (nSPS) is 20.5. The Hall–Kier alpha value is -3.68. The number of fused-ring (bicyclic) bond motifs is 1. The zero-order valence-electron chi connectivity index (χ0n) is 16.2. The molecule has 152 valence electrons. The minimum atomic E-state index is -0.481. The summed E-state index contributed by atoms with van der Waals surface area (Å²) in [5.41, 5.74) is 3.21. The Kier molecular flexibility index (Phi) is 4.46. The fourth-order valence-corrected chi connectivity index (χ4v) is 4.12. The van der Waals surface area contributed by atoms with Crippen LogP contribution >= 0.6 is 0 Å². The number of halogens is 1. The zero-order chi connectivity index (χ0) is 20.7. The molecule has 0 saturated heterocycles. The molecule has 5 rings (SSSR count). The molecule has 0 spiro atoms. The molecular weight excluding hydrogens is 387 g/mol. The third kappa shape index (κ3) is 3.20. The molecular formula is C22H19FN4O3. The topological polar surface area (TPSA) is 89.3 Å². The van der Waals surface area contributed by atoms with Crippen molar-refractivity contribution in [1.29, 1.82) is 0 Å². The third-order valence-corrected chi connectivity index (χ3v) is 5.63. The number of methoxy groups -OCH3 is 1. The summed E-state index contributed by atoms with van der Waals surface area (Å²) in [6, 6.07) is 13.4. The first-order valence-electron chi connectivity index (χ1n) is 9.64. The molecule has 1 aliphatic carbocycles. The summed E-state index contributed by atoms with van der Waals surface area (Å²) in [6.45, 7) is 0. The van der Waals surface area contributed by atoms with Crippen LogP contribution in [0.3, 0.4) is 0 Å². The van der Waals surface area contributed by atoms with Crippen molar-refractivity contribution < 1.29 is 18.6 Å². The van der Waals surface area contributed by atoms with Gasteiger partial charge in [0.05, 0.1) is 13.2 Å². The standard InChI is InChI=1S/C22H19FN4O3/c1-29-16-8-4-12(5-9-16)14-10-17-19(18(28)11-14)20(13-2-6-15(23)7-3-13)25-22-21(24-17)26-30-27-22/h2-9,14,20H,10-11H2,1H3,(H,24,26)(H,25,27)/t14-,20+/m0/s1. The van der Waals surface area contributed by atoms with Crippen LogP contribution in [-0.4, -0.2) is 23.2 Å². The molecule has 2 N–H and O–H groups in total. The Bertz CT molecular complexity index is 1120. The van der Waals surface area contributed by atoms with Crippen molar-refractivity contribution in [3.8, 4) is 5.75 Å². The number of carbonyl (C=O) groups is 1. The number of rotatable bonds is 3. The van der Waals surface area contributed by atoms with Gasteiger partial charge in [-0.05, 0) is 58.0 Å². The van der Waals surface area contributed by atoms with Gasteiger partial charge in [0.2, 0.25) is 11.6 Å². The summed E-state index contributed by atoms with van der Waals surface area (Å²) >= 11 is 0. The van der Waals surface area contributed by atoms with Crippen molar-refractivity contribution in [2.75, 3.05) is 17.7 Å². The van der Waals surface area contributed by atoms with Crippen LogP contribution in [0.4, 0.5) is 16.0 Å². The monoisotopic (exact) mass is 406 g/mol. The van der Waals surface area contributed by atoms with Gasteiger partial charge in [-0.25, -0.2) is 9.02 Å². The number of carbonyl (C=O) groups excluding carboxylic acids is 1. The molecule has 0 bridgehead atoms. The largest absolute Gasteiger partial charge is 0.497 e. The second-order valence-electron chi connectivity index (χ2n) is 7.41. The molecule has 2 aromatic carbocycles. The van der Waals surface area contributed by atoms with Crippen LogP contribution in [0, 0.1) is 5.82 Å². The fraction of sp³-hybridized carbons (Fsp3) is 0.227. The highest BCUT2D eigenvalue weighted by Crippen LogP contribution is 2.43. The van der Waals surface area contributed by atoms with Crippen molar-refractivity contribution in [1.82, 2.24) is 10.3 Å². The van der Waals surface area contributed by atoms with Crippen LogP contribution < -0.4 is 15.4 Å². The quantitative estimate of drug-likeness (QED) is 0.674. The van der Waals surface area contributed by atoms with E-state index in [1.165, 1.54) is 12.1 Å². The summed E-state index contributed by atoms with van der Waals surface area (Å²) < 4.78 is 23.6. The number of nitrogens with one attached hydrogen (secondary N) is 2. The molecule has 2 atom stereocenters. The number of Topliss-reactive ketones (excluding diaryl/α,β-unsaturated/α-hetero) is 1. The van der Waals surface area contributed by atoms with Gasteiger partial charge >= 0.3 is 0 Å². The van der Waals surface area contributed by atoms with E-state index < -0.39 is 6.04 Å². The maximum atomic E-state index is 13.5. The lowest BCUT2D eigenvalue weighted by Gasteiger charge is -2.29. The van der Waals surface area contributed by atoms with E-state index in [2.05, 4.69) is 20.9 Å². The molecule has 7 nitrogen and oxygen atoms in total. The number of ketones is 1. The fourth-order valence-electron chi connectivity index (χ4n) is 4.12. The van der Waals surface area contributed by atoms with Gasteiger partial charge in [-0.2, -0.15) is 0 Å². The number of nitrogens with zero attached hydrogens (tertiary/aromatic N) is 2. The second kappa shape index (κ2) is 7.29. The van der Waals surface area contributed by atoms with Crippen LogP contribution in [0.1, 0.15) is 35.9 Å². The first-order valence-corrected chi connectivity index (χ1v) is 9.64. The predicted octanol–water partition coefficient (Wildman–Crippen LogP) is 4.20. The first-order chi connectivity index (χ1) is 14.6. The Morgan fingerprint density at radius 3 is 2.43 bits per heavy atom. The highest BCUT2D eigenvalue weighted by molar-refractivity contribution is 6.00. The number of ether oxygens (including phenoxy) is 1. The van der Waals surface area contributed by atoms with Gasteiger partial charge < -0.3 is 15.4 Å². The highest BCUT2D eigenvalue weighted by atomic mass is 19.1. The summed E-state index contributed by atoms with van der Waals surface area (Å²) in [6.07, 6.45) is 1.00. The van der Waals surface area contributed by atoms with E-state index in [9.17, 15) is 9.18 Å². The van der Waals surface area contributed by atoms with Crippen LogP contribution in [0.5, 0.6) is 5.75 Å². The number of allylic oxidation sites excluding steroid dienone is 1. The smallest absolute Gasteiger partial charge is 0.219 e. The Labute approximate surface area is 171 Å². The number of hydrogen-bond donors (Lipinski definition) is 2. The van der Waals surface area contributed by atoms with E-state index in [0.29, 0.717) is 30.1 Å². The SMILES string of the molecule is COc1ccc([C@@H]2CC(=O)C3=C(C2)Nc2nonc2N[C@@H]3c2ccc(F)cc2)cc1. The number of benzene rings is 2. The lowest BCUT2D eigenvalue weighted by molar-refractivity contribution is -0.116. The molecule has 0 radical (unpaired) electrons. The Balaban J connectivity index is 1.55. The van der Waals surface area contributed by atoms with E-state index in [4.69, 9.17) is 9.37 Å². The first kappa shape index (κ1) is 18.4. The predicted molar refractivity (Wildman–Crippen MR) is 108 cm³/mol. The maximum Gasteiger partial charge on any atom is 0.219 e.